The predicted octanol–water partition coefficient (Wildman–Crippen LogP) is 6.16. The molecule has 0 unspecified atom stereocenters. The van der Waals surface area contributed by atoms with Gasteiger partial charge in [-0.2, -0.15) is 0 Å². The van der Waals surface area contributed by atoms with Crippen LogP contribution in [0.1, 0.15) is 63.9 Å². The summed E-state index contributed by atoms with van der Waals surface area (Å²) >= 11 is 0. The number of ether oxygens (including phenoxy) is 2. The van der Waals surface area contributed by atoms with Gasteiger partial charge < -0.3 is 9.47 Å². The minimum atomic E-state index is 0.299. The molecule has 1 fully saturated rings. The van der Waals surface area contributed by atoms with Crippen LogP contribution in [0.25, 0.3) is 0 Å². The maximum atomic E-state index is 6.30. The van der Waals surface area contributed by atoms with Gasteiger partial charge in [-0.15, -0.1) is 0 Å². The van der Waals surface area contributed by atoms with Gasteiger partial charge in [0, 0.05) is 12.3 Å². The summed E-state index contributed by atoms with van der Waals surface area (Å²) in [5.41, 5.74) is 3.02. The van der Waals surface area contributed by atoms with Gasteiger partial charge in [-0.25, -0.2) is 0 Å². The highest BCUT2D eigenvalue weighted by Gasteiger charge is 2.16. The Morgan fingerprint density at radius 2 is 1.83 bits per heavy atom. The molecule has 0 aliphatic heterocycles. The summed E-state index contributed by atoms with van der Waals surface area (Å²) in [6.45, 7) is 8.11. The molecule has 0 bridgehead atoms. The topological polar surface area (TPSA) is 30.8 Å². The van der Waals surface area contributed by atoms with E-state index in [2.05, 4.69) is 31.5 Å². The van der Waals surface area contributed by atoms with E-state index < -0.39 is 0 Å². The van der Waals surface area contributed by atoms with E-state index in [9.17, 15) is 0 Å². The highest BCUT2D eigenvalue weighted by atomic mass is 16.5. The first-order chi connectivity index (χ1) is 11.6. The van der Waals surface area contributed by atoms with Gasteiger partial charge in [-0.05, 0) is 56.2 Å². The van der Waals surface area contributed by atoms with Crippen LogP contribution < -0.4 is 9.47 Å². The highest BCUT2D eigenvalue weighted by Crippen LogP contribution is 2.36. The molecule has 0 aromatic heterocycles. The molecule has 0 amide bonds. The number of nitrogens with zero attached hydrogens (tertiary/aromatic N) is 1. The first kappa shape index (κ1) is 18.6. The Kier molecular flexibility index (Phi) is 7.36. The molecule has 1 aromatic carbocycles. The van der Waals surface area contributed by atoms with Gasteiger partial charge in [0.25, 0.3) is 0 Å². The van der Waals surface area contributed by atoms with Crippen molar-refractivity contribution in [3.63, 3.8) is 0 Å². The van der Waals surface area contributed by atoms with Crippen LogP contribution in [0.15, 0.2) is 29.3 Å². The monoisotopic (exact) mass is 329 g/mol. The van der Waals surface area contributed by atoms with Crippen LogP contribution in [0.3, 0.4) is 0 Å². The number of hydrogen-bond donors (Lipinski definition) is 0. The first-order valence-corrected chi connectivity index (χ1v) is 9.21. The van der Waals surface area contributed by atoms with Crippen LogP contribution in [0.2, 0.25) is 0 Å². The van der Waals surface area contributed by atoms with E-state index in [-0.39, 0.29) is 0 Å². The standard InChI is InChI=1S/C21H31NO2/c1-5-16(2)15-22-19-14-20(23-4)21(13-17(19)3)24-18-11-9-7-6-8-10-12-18/h13-15,18H,2,5-12H2,1,3-4H3. The zero-order valence-corrected chi connectivity index (χ0v) is 15.4. The summed E-state index contributed by atoms with van der Waals surface area (Å²) < 4.78 is 11.9. The molecule has 24 heavy (non-hydrogen) atoms. The Bertz CT molecular complexity index is 569. The average Bonchev–Trinajstić information content (AvgIpc) is 2.56. The lowest BCUT2D eigenvalue weighted by molar-refractivity contribution is 0.160. The lowest BCUT2D eigenvalue weighted by atomic mass is 9.98. The first-order valence-electron chi connectivity index (χ1n) is 9.21. The van der Waals surface area contributed by atoms with E-state index in [1.54, 1.807) is 7.11 Å². The Balaban J connectivity index is 2.16. The van der Waals surface area contributed by atoms with Crippen LogP contribution in [-0.4, -0.2) is 19.4 Å². The van der Waals surface area contributed by atoms with E-state index in [1.165, 1.54) is 32.1 Å². The Hall–Kier alpha value is -1.77. The molecule has 1 aliphatic carbocycles. The van der Waals surface area contributed by atoms with Crippen molar-refractivity contribution < 1.29 is 9.47 Å². The zero-order chi connectivity index (χ0) is 17.4. The van der Waals surface area contributed by atoms with Crippen molar-refractivity contribution in [3.8, 4) is 11.5 Å². The van der Waals surface area contributed by atoms with E-state index >= 15 is 0 Å². The molecule has 132 valence electrons. The molecule has 0 spiro atoms. The molecule has 0 heterocycles. The molecule has 1 saturated carbocycles. The van der Waals surface area contributed by atoms with Gasteiger partial charge in [0.15, 0.2) is 11.5 Å². The lowest BCUT2D eigenvalue weighted by Gasteiger charge is -2.23. The lowest BCUT2D eigenvalue weighted by Crippen LogP contribution is -2.18. The van der Waals surface area contributed by atoms with Gasteiger partial charge in [0.1, 0.15) is 0 Å². The van der Waals surface area contributed by atoms with Crippen molar-refractivity contribution in [2.24, 2.45) is 4.99 Å². The molecule has 0 N–H and O–H groups in total. The van der Waals surface area contributed by atoms with Crippen molar-refractivity contribution in [2.75, 3.05) is 7.11 Å². The van der Waals surface area contributed by atoms with Crippen LogP contribution >= 0.6 is 0 Å². The van der Waals surface area contributed by atoms with E-state index in [4.69, 9.17) is 9.47 Å². The Morgan fingerprint density at radius 1 is 1.17 bits per heavy atom. The Morgan fingerprint density at radius 3 is 2.46 bits per heavy atom. The van der Waals surface area contributed by atoms with Gasteiger partial charge in [-0.1, -0.05) is 32.8 Å². The third-order valence-corrected chi connectivity index (χ3v) is 4.67. The molecule has 0 atom stereocenters. The summed E-state index contributed by atoms with van der Waals surface area (Å²) in [5, 5.41) is 0. The summed E-state index contributed by atoms with van der Waals surface area (Å²) in [5.74, 6) is 1.60. The van der Waals surface area contributed by atoms with Crippen LogP contribution in [-0.2, 0) is 0 Å². The normalized spacial score (nSPS) is 16.6. The van der Waals surface area contributed by atoms with Gasteiger partial charge in [0.2, 0.25) is 0 Å². The molecule has 3 nitrogen and oxygen atoms in total. The number of aliphatic imine (C=N–C) groups is 1. The summed E-state index contributed by atoms with van der Waals surface area (Å²) in [6.07, 6.45) is 11.8. The summed E-state index contributed by atoms with van der Waals surface area (Å²) in [4.78, 5) is 4.54. The van der Waals surface area contributed by atoms with E-state index in [0.717, 1.165) is 47.6 Å². The van der Waals surface area contributed by atoms with Crippen molar-refractivity contribution in [3.05, 3.63) is 29.8 Å². The van der Waals surface area contributed by atoms with Crippen molar-refractivity contribution in [1.29, 1.82) is 0 Å². The molecule has 2 rings (SSSR count). The minimum absolute atomic E-state index is 0.299. The number of allylic oxidation sites excluding steroid dienone is 1. The number of aryl methyl sites for hydroxylation is 1. The molecule has 0 radical (unpaired) electrons. The number of hydrogen-bond acceptors (Lipinski definition) is 3. The second kappa shape index (κ2) is 9.51. The Labute approximate surface area is 146 Å². The molecule has 0 saturated heterocycles. The molecule has 3 heteroatoms. The quantitative estimate of drug-likeness (QED) is 0.585. The predicted molar refractivity (Wildman–Crippen MR) is 102 cm³/mol. The second-order valence-corrected chi connectivity index (χ2v) is 6.64. The highest BCUT2D eigenvalue weighted by molar-refractivity contribution is 5.80. The fraction of sp³-hybridized carbons (Fsp3) is 0.571. The van der Waals surface area contributed by atoms with Gasteiger partial charge in [0.05, 0.1) is 18.9 Å². The van der Waals surface area contributed by atoms with Crippen molar-refractivity contribution >= 4 is 11.9 Å². The van der Waals surface area contributed by atoms with Crippen LogP contribution in [0.4, 0.5) is 5.69 Å². The molecular formula is C21H31NO2. The summed E-state index contributed by atoms with van der Waals surface area (Å²) in [7, 11) is 1.69. The number of rotatable bonds is 6. The smallest absolute Gasteiger partial charge is 0.162 e. The largest absolute Gasteiger partial charge is 0.493 e. The fourth-order valence-electron chi connectivity index (χ4n) is 3.01. The molecule has 1 aromatic rings. The second-order valence-electron chi connectivity index (χ2n) is 6.64. The molecule has 1 aliphatic rings. The third kappa shape index (κ3) is 5.40. The average molecular weight is 329 g/mol. The minimum Gasteiger partial charge on any atom is -0.493 e. The third-order valence-electron chi connectivity index (χ3n) is 4.67. The maximum absolute atomic E-state index is 6.30. The number of methoxy groups -OCH3 is 1. The zero-order valence-electron chi connectivity index (χ0n) is 15.4. The van der Waals surface area contributed by atoms with E-state index in [1.807, 2.05) is 12.3 Å². The van der Waals surface area contributed by atoms with E-state index in [0.29, 0.717) is 6.10 Å². The molecular weight excluding hydrogens is 298 g/mol. The van der Waals surface area contributed by atoms with Crippen molar-refractivity contribution in [1.82, 2.24) is 0 Å². The van der Waals surface area contributed by atoms with Crippen molar-refractivity contribution in [2.45, 2.75) is 71.3 Å². The van der Waals surface area contributed by atoms with Crippen LogP contribution in [0, 0.1) is 6.92 Å². The fourth-order valence-corrected chi connectivity index (χ4v) is 3.01. The van der Waals surface area contributed by atoms with Gasteiger partial charge >= 0.3 is 0 Å². The SMILES string of the molecule is C=C(C=Nc1cc(OC)c(OC2CCCCCCC2)cc1C)CC. The van der Waals surface area contributed by atoms with Gasteiger partial charge in [-0.3, -0.25) is 4.99 Å². The summed E-state index contributed by atoms with van der Waals surface area (Å²) in [6, 6.07) is 4.02. The maximum Gasteiger partial charge on any atom is 0.162 e. The number of benzene rings is 1. The van der Waals surface area contributed by atoms with Crippen LogP contribution in [0.5, 0.6) is 11.5 Å².